The molecule has 0 atom stereocenters. The maximum atomic E-state index is 12.2. The van der Waals surface area contributed by atoms with E-state index in [1.54, 1.807) is 19.9 Å². The van der Waals surface area contributed by atoms with E-state index in [2.05, 4.69) is 9.88 Å². The third kappa shape index (κ3) is 4.85. The fourth-order valence-corrected chi connectivity index (χ4v) is 3.74. The summed E-state index contributed by atoms with van der Waals surface area (Å²) in [5.41, 5.74) is 1.60. The van der Waals surface area contributed by atoms with Crippen molar-refractivity contribution in [3.05, 3.63) is 71.9 Å². The minimum absolute atomic E-state index is 0.0515. The lowest BCUT2D eigenvalue weighted by Gasteiger charge is -2.09. The molecule has 0 bridgehead atoms. The highest BCUT2D eigenvalue weighted by Gasteiger charge is 2.17. The van der Waals surface area contributed by atoms with Gasteiger partial charge in [-0.1, -0.05) is 35.5 Å². The summed E-state index contributed by atoms with van der Waals surface area (Å²) in [6.07, 6.45) is 0. The molecular formula is C20H20N2O5S. The van der Waals surface area contributed by atoms with Crippen LogP contribution in [0.1, 0.15) is 29.9 Å². The van der Waals surface area contributed by atoms with Gasteiger partial charge in [-0.15, -0.1) is 0 Å². The SMILES string of the molecule is CC(C)NS(=O)(=O)c1ccc(C(=O)OCc2cc(-c3ccccc3)on2)cc1. The van der Waals surface area contributed by atoms with Gasteiger partial charge in [-0.25, -0.2) is 17.9 Å². The second-order valence-corrected chi connectivity index (χ2v) is 8.14. The molecule has 7 nitrogen and oxygen atoms in total. The molecule has 0 saturated carbocycles. The van der Waals surface area contributed by atoms with Crippen LogP contribution in [-0.2, 0) is 21.4 Å². The van der Waals surface area contributed by atoms with Crippen LogP contribution >= 0.6 is 0 Å². The maximum absolute atomic E-state index is 12.2. The minimum Gasteiger partial charge on any atom is -0.455 e. The number of hydrogen-bond acceptors (Lipinski definition) is 6. The van der Waals surface area contributed by atoms with Gasteiger partial charge in [0.1, 0.15) is 12.3 Å². The Morgan fingerprint density at radius 1 is 1.11 bits per heavy atom. The molecule has 0 unspecified atom stereocenters. The van der Waals surface area contributed by atoms with Crippen LogP contribution < -0.4 is 4.72 Å². The van der Waals surface area contributed by atoms with Crippen molar-refractivity contribution in [3.63, 3.8) is 0 Å². The summed E-state index contributed by atoms with van der Waals surface area (Å²) in [6.45, 7) is 3.41. The molecule has 28 heavy (non-hydrogen) atoms. The van der Waals surface area contributed by atoms with E-state index in [9.17, 15) is 13.2 Å². The molecule has 3 aromatic rings. The first-order chi connectivity index (χ1) is 13.3. The largest absolute Gasteiger partial charge is 0.455 e. The first kappa shape index (κ1) is 19.8. The van der Waals surface area contributed by atoms with E-state index < -0.39 is 16.0 Å². The van der Waals surface area contributed by atoms with E-state index in [0.29, 0.717) is 11.5 Å². The number of carbonyl (C=O) groups excluding carboxylic acids is 1. The standard InChI is InChI=1S/C20H20N2O5S/c1-14(2)22-28(24,25)18-10-8-16(9-11-18)20(23)26-13-17-12-19(27-21-17)15-6-4-3-5-7-15/h3-12,14,22H,13H2,1-2H3. The van der Waals surface area contributed by atoms with Gasteiger partial charge in [0.25, 0.3) is 0 Å². The van der Waals surface area contributed by atoms with Crippen molar-refractivity contribution in [1.29, 1.82) is 0 Å². The number of sulfonamides is 1. The summed E-state index contributed by atoms with van der Waals surface area (Å²) in [6, 6.07) is 16.5. The number of aromatic nitrogens is 1. The molecule has 2 aromatic carbocycles. The fraction of sp³-hybridized carbons (Fsp3) is 0.200. The smallest absolute Gasteiger partial charge is 0.338 e. The lowest BCUT2D eigenvalue weighted by Crippen LogP contribution is -2.30. The second-order valence-electron chi connectivity index (χ2n) is 6.43. The van der Waals surface area contributed by atoms with Crippen LogP contribution in [0.25, 0.3) is 11.3 Å². The van der Waals surface area contributed by atoms with Gasteiger partial charge >= 0.3 is 5.97 Å². The van der Waals surface area contributed by atoms with Gasteiger partial charge in [0, 0.05) is 17.7 Å². The molecule has 1 aromatic heterocycles. The Bertz CT molecular complexity index is 1040. The molecule has 0 fully saturated rings. The molecular weight excluding hydrogens is 380 g/mol. The lowest BCUT2D eigenvalue weighted by molar-refractivity contribution is 0.0464. The Hall–Kier alpha value is -2.97. The van der Waals surface area contributed by atoms with E-state index >= 15 is 0 Å². The minimum atomic E-state index is -3.61. The highest BCUT2D eigenvalue weighted by atomic mass is 32.2. The van der Waals surface area contributed by atoms with Gasteiger partial charge in [0.2, 0.25) is 10.0 Å². The van der Waals surface area contributed by atoms with E-state index in [4.69, 9.17) is 9.26 Å². The van der Waals surface area contributed by atoms with Crippen LogP contribution in [0.5, 0.6) is 0 Å². The lowest BCUT2D eigenvalue weighted by atomic mass is 10.2. The van der Waals surface area contributed by atoms with Crippen LogP contribution in [0.3, 0.4) is 0 Å². The molecule has 0 aliphatic heterocycles. The Labute approximate surface area is 163 Å². The average molecular weight is 400 g/mol. The quantitative estimate of drug-likeness (QED) is 0.611. The molecule has 0 saturated heterocycles. The first-order valence-electron chi connectivity index (χ1n) is 8.66. The van der Waals surface area contributed by atoms with Gasteiger partial charge in [-0.3, -0.25) is 0 Å². The average Bonchev–Trinajstić information content (AvgIpc) is 3.15. The predicted molar refractivity (Wildman–Crippen MR) is 103 cm³/mol. The molecule has 0 spiro atoms. The number of hydrogen-bond donors (Lipinski definition) is 1. The molecule has 0 aliphatic rings. The van der Waals surface area contributed by atoms with Crippen LogP contribution in [0.2, 0.25) is 0 Å². The molecule has 146 valence electrons. The number of nitrogens with one attached hydrogen (secondary N) is 1. The van der Waals surface area contributed by atoms with Crippen molar-refractivity contribution in [3.8, 4) is 11.3 Å². The second kappa shape index (κ2) is 8.37. The Morgan fingerprint density at radius 2 is 1.79 bits per heavy atom. The van der Waals surface area contributed by atoms with E-state index in [1.165, 1.54) is 24.3 Å². The van der Waals surface area contributed by atoms with Gasteiger partial charge < -0.3 is 9.26 Å². The van der Waals surface area contributed by atoms with Crippen molar-refractivity contribution >= 4 is 16.0 Å². The van der Waals surface area contributed by atoms with Gasteiger partial charge in [-0.05, 0) is 38.1 Å². The summed E-state index contributed by atoms with van der Waals surface area (Å²) in [7, 11) is -3.61. The van der Waals surface area contributed by atoms with E-state index in [-0.39, 0.29) is 23.1 Å². The monoisotopic (exact) mass is 400 g/mol. The van der Waals surface area contributed by atoms with Crippen molar-refractivity contribution < 1.29 is 22.5 Å². The molecule has 1 N–H and O–H groups in total. The number of nitrogens with zero attached hydrogens (tertiary/aromatic N) is 1. The summed E-state index contributed by atoms with van der Waals surface area (Å²) in [4.78, 5) is 12.3. The molecule has 0 aliphatic carbocycles. The third-order valence-corrected chi connectivity index (χ3v) is 5.43. The number of carbonyl (C=O) groups is 1. The van der Waals surface area contributed by atoms with Crippen molar-refractivity contribution in [2.45, 2.75) is 31.4 Å². The number of ether oxygens (including phenoxy) is 1. The summed E-state index contributed by atoms with van der Waals surface area (Å²) in [5.74, 6) is 0.00360. The maximum Gasteiger partial charge on any atom is 0.338 e. The molecule has 1 heterocycles. The van der Waals surface area contributed by atoms with Crippen LogP contribution in [0.15, 0.2) is 70.1 Å². The van der Waals surface area contributed by atoms with Crippen LogP contribution in [0.4, 0.5) is 0 Å². The van der Waals surface area contributed by atoms with Crippen LogP contribution in [-0.4, -0.2) is 25.6 Å². The Morgan fingerprint density at radius 3 is 2.43 bits per heavy atom. The zero-order valence-electron chi connectivity index (χ0n) is 15.5. The highest BCUT2D eigenvalue weighted by molar-refractivity contribution is 7.89. The van der Waals surface area contributed by atoms with Gasteiger partial charge in [0.05, 0.1) is 10.5 Å². The molecule has 0 amide bonds. The first-order valence-corrected chi connectivity index (χ1v) is 10.1. The normalized spacial score (nSPS) is 11.5. The summed E-state index contributed by atoms with van der Waals surface area (Å²) in [5, 5.41) is 3.89. The molecule has 3 rings (SSSR count). The number of esters is 1. The van der Waals surface area contributed by atoms with Crippen molar-refractivity contribution in [2.24, 2.45) is 0 Å². The summed E-state index contributed by atoms with van der Waals surface area (Å²) < 4.78 is 37.2. The van der Waals surface area contributed by atoms with E-state index in [0.717, 1.165) is 5.56 Å². The molecule has 0 radical (unpaired) electrons. The fourth-order valence-electron chi connectivity index (χ4n) is 2.49. The highest BCUT2D eigenvalue weighted by Crippen LogP contribution is 2.20. The zero-order valence-corrected chi connectivity index (χ0v) is 16.3. The van der Waals surface area contributed by atoms with Crippen molar-refractivity contribution in [1.82, 2.24) is 9.88 Å². The zero-order chi connectivity index (χ0) is 20.1. The Balaban J connectivity index is 1.62. The number of rotatable bonds is 7. The topological polar surface area (TPSA) is 98.5 Å². The van der Waals surface area contributed by atoms with E-state index in [1.807, 2.05) is 30.3 Å². The predicted octanol–water partition coefficient (Wildman–Crippen LogP) is 3.39. The Kier molecular flexibility index (Phi) is 5.91. The number of benzene rings is 2. The van der Waals surface area contributed by atoms with Gasteiger partial charge in [0.15, 0.2) is 5.76 Å². The third-order valence-electron chi connectivity index (χ3n) is 3.76. The van der Waals surface area contributed by atoms with Gasteiger partial charge in [-0.2, -0.15) is 0 Å². The summed E-state index contributed by atoms with van der Waals surface area (Å²) >= 11 is 0. The van der Waals surface area contributed by atoms with Crippen molar-refractivity contribution in [2.75, 3.05) is 0 Å². The van der Waals surface area contributed by atoms with Crippen LogP contribution in [0, 0.1) is 0 Å². The molecule has 8 heteroatoms.